The van der Waals surface area contributed by atoms with Gasteiger partial charge in [0.15, 0.2) is 0 Å². The number of hydrogen-bond acceptors (Lipinski definition) is 5. The molecule has 1 rings (SSSR count). The smallest absolute Gasteiger partial charge is 0.322 e. The molecule has 0 aliphatic carbocycles. The lowest BCUT2D eigenvalue weighted by atomic mass is 9.97. The molecule has 0 radical (unpaired) electrons. The molecule has 21 heavy (non-hydrogen) atoms. The Bertz CT molecular complexity index is 354. The Morgan fingerprint density at radius 3 is 2.76 bits per heavy atom. The first kappa shape index (κ1) is 18.3. The minimum atomic E-state index is -1.10. The minimum absolute atomic E-state index is 0.00795. The average molecular weight is 317 g/mol. The number of amides is 1. The number of carboxylic acids is 1. The Hall–Kier alpha value is -0.790. The molecule has 7 heteroatoms. The van der Waals surface area contributed by atoms with E-state index in [0.717, 1.165) is 19.3 Å². The zero-order chi connectivity index (χ0) is 15.8. The maximum atomic E-state index is 11.6. The van der Waals surface area contributed by atoms with Crippen LogP contribution in [0.25, 0.3) is 0 Å². The molecule has 0 saturated carbocycles. The second-order valence-electron chi connectivity index (χ2n) is 5.66. The van der Waals surface area contributed by atoms with Crippen LogP contribution in [-0.4, -0.2) is 53.7 Å². The summed E-state index contributed by atoms with van der Waals surface area (Å²) in [6.45, 7) is 2.26. The second-order valence-corrected chi connectivity index (χ2v) is 6.93. The highest BCUT2D eigenvalue weighted by molar-refractivity contribution is 8.00. The van der Waals surface area contributed by atoms with Gasteiger partial charge in [0, 0.05) is 24.3 Å². The molecule has 0 bridgehead atoms. The van der Waals surface area contributed by atoms with Gasteiger partial charge in [0.1, 0.15) is 6.04 Å². The van der Waals surface area contributed by atoms with E-state index >= 15 is 0 Å². The fourth-order valence-electron chi connectivity index (χ4n) is 2.61. The SMILES string of the molecule is CNC1C(C)CSC1CCCCC(=O)NCC(N)C(=O)O. The topological polar surface area (TPSA) is 104 Å². The van der Waals surface area contributed by atoms with Crippen molar-refractivity contribution in [3.63, 3.8) is 0 Å². The lowest BCUT2D eigenvalue weighted by Gasteiger charge is -2.21. The van der Waals surface area contributed by atoms with Crippen molar-refractivity contribution in [1.82, 2.24) is 10.6 Å². The van der Waals surface area contributed by atoms with Crippen molar-refractivity contribution in [2.45, 2.75) is 49.9 Å². The summed E-state index contributed by atoms with van der Waals surface area (Å²) >= 11 is 2.01. The summed E-state index contributed by atoms with van der Waals surface area (Å²) in [5.41, 5.74) is 5.32. The zero-order valence-electron chi connectivity index (χ0n) is 12.8. The van der Waals surface area contributed by atoms with Crippen LogP contribution >= 0.6 is 11.8 Å². The summed E-state index contributed by atoms with van der Waals surface area (Å²) < 4.78 is 0. The normalized spacial score (nSPS) is 26.5. The van der Waals surface area contributed by atoms with E-state index in [1.54, 1.807) is 0 Å². The first-order valence-electron chi connectivity index (χ1n) is 7.49. The van der Waals surface area contributed by atoms with E-state index in [1.165, 1.54) is 5.75 Å². The third kappa shape index (κ3) is 6.23. The number of hydrogen-bond donors (Lipinski definition) is 4. The maximum absolute atomic E-state index is 11.6. The number of carbonyl (C=O) groups excluding carboxylic acids is 1. The third-order valence-electron chi connectivity index (χ3n) is 3.90. The van der Waals surface area contributed by atoms with Gasteiger partial charge < -0.3 is 21.5 Å². The Balaban J connectivity index is 2.11. The number of nitrogens with one attached hydrogen (secondary N) is 2. The number of rotatable bonds is 9. The van der Waals surface area contributed by atoms with E-state index in [1.807, 2.05) is 18.8 Å². The largest absolute Gasteiger partial charge is 0.480 e. The van der Waals surface area contributed by atoms with Crippen LogP contribution in [0.15, 0.2) is 0 Å². The summed E-state index contributed by atoms with van der Waals surface area (Å²) in [6.07, 6.45) is 3.39. The van der Waals surface area contributed by atoms with E-state index in [4.69, 9.17) is 10.8 Å². The van der Waals surface area contributed by atoms with Crippen LogP contribution in [0.2, 0.25) is 0 Å². The highest BCUT2D eigenvalue weighted by Crippen LogP contribution is 2.34. The predicted octanol–water partition coefficient (Wildman–Crippen LogP) is 0.414. The van der Waals surface area contributed by atoms with Crippen LogP contribution in [0.1, 0.15) is 32.6 Å². The van der Waals surface area contributed by atoms with Gasteiger partial charge in [0.25, 0.3) is 0 Å². The molecular weight excluding hydrogens is 290 g/mol. The maximum Gasteiger partial charge on any atom is 0.322 e. The van der Waals surface area contributed by atoms with Crippen LogP contribution in [0.4, 0.5) is 0 Å². The number of aliphatic carboxylic acids is 1. The van der Waals surface area contributed by atoms with Crippen LogP contribution in [0.3, 0.4) is 0 Å². The van der Waals surface area contributed by atoms with Crippen molar-refractivity contribution in [2.75, 3.05) is 19.3 Å². The molecular formula is C14H27N3O3S. The van der Waals surface area contributed by atoms with Crippen LogP contribution in [0.5, 0.6) is 0 Å². The van der Waals surface area contributed by atoms with Crippen molar-refractivity contribution < 1.29 is 14.7 Å². The van der Waals surface area contributed by atoms with Crippen molar-refractivity contribution in [3.05, 3.63) is 0 Å². The molecule has 1 aliphatic rings. The molecule has 1 fully saturated rings. The minimum Gasteiger partial charge on any atom is -0.480 e. The summed E-state index contributed by atoms with van der Waals surface area (Å²) in [4.78, 5) is 22.1. The van der Waals surface area contributed by atoms with Crippen molar-refractivity contribution in [1.29, 1.82) is 0 Å². The molecule has 4 unspecified atom stereocenters. The quantitative estimate of drug-likeness (QED) is 0.459. The Morgan fingerprint density at radius 1 is 1.43 bits per heavy atom. The van der Waals surface area contributed by atoms with Gasteiger partial charge in [0.05, 0.1) is 0 Å². The van der Waals surface area contributed by atoms with Gasteiger partial charge >= 0.3 is 5.97 Å². The van der Waals surface area contributed by atoms with E-state index in [2.05, 4.69) is 17.6 Å². The van der Waals surface area contributed by atoms with Gasteiger partial charge in [-0.15, -0.1) is 0 Å². The van der Waals surface area contributed by atoms with E-state index in [-0.39, 0.29) is 12.5 Å². The van der Waals surface area contributed by atoms with E-state index in [0.29, 0.717) is 23.6 Å². The van der Waals surface area contributed by atoms with Gasteiger partial charge in [0.2, 0.25) is 5.91 Å². The summed E-state index contributed by atoms with van der Waals surface area (Å²) in [6, 6.07) is -0.459. The van der Waals surface area contributed by atoms with Crippen molar-refractivity contribution in [2.24, 2.45) is 11.7 Å². The third-order valence-corrected chi connectivity index (χ3v) is 5.57. The molecule has 1 aliphatic heterocycles. The van der Waals surface area contributed by atoms with Gasteiger partial charge in [-0.25, -0.2) is 0 Å². The van der Waals surface area contributed by atoms with Crippen LogP contribution < -0.4 is 16.4 Å². The Labute approximate surface area is 130 Å². The zero-order valence-corrected chi connectivity index (χ0v) is 13.6. The molecule has 0 spiro atoms. The van der Waals surface area contributed by atoms with Crippen LogP contribution in [0, 0.1) is 5.92 Å². The molecule has 0 aromatic rings. The lowest BCUT2D eigenvalue weighted by Crippen LogP contribution is -2.42. The number of carbonyl (C=O) groups is 2. The first-order valence-corrected chi connectivity index (χ1v) is 8.54. The molecule has 5 N–H and O–H groups in total. The summed E-state index contributed by atoms with van der Waals surface area (Å²) in [5, 5.41) is 15.2. The predicted molar refractivity (Wildman–Crippen MR) is 85.3 cm³/mol. The molecule has 0 aromatic carbocycles. The number of nitrogens with two attached hydrogens (primary N) is 1. The van der Waals surface area contributed by atoms with Gasteiger partial charge in [-0.3, -0.25) is 9.59 Å². The second kappa shape index (κ2) is 9.27. The molecule has 4 atom stereocenters. The van der Waals surface area contributed by atoms with Crippen LogP contribution in [-0.2, 0) is 9.59 Å². The lowest BCUT2D eigenvalue weighted by molar-refractivity contribution is -0.138. The van der Waals surface area contributed by atoms with Gasteiger partial charge in [-0.1, -0.05) is 13.3 Å². The molecule has 1 heterocycles. The highest BCUT2D eigenvalue weighted by atomic mass is 32.2. The standard InChI is InChI=1S/C14H27N3O3S/c1-9-8-21-11(13(9)16-2)5-3-4-6-12(18)17-7-10(15)14(19)20/h9-11,13,16H,3-8,15H2,1-2H3,(H,17,18)(H,19,20). The molecule has 0 aromatic heterocycles. The van der Waals surface area contributed by atoms with Crippen molar-refractivity contribution >= 4 is 23.6 Å². The van der Waals surface area contributed by atoms with Gasteiger partial charge in [-0.05, 0) is 31.6 Å². The number of unbranched alkanes of at least 4 members (excludes halogenated alkanes) is 1. The molecule has 1 saturated heterocycles. The molecule has 122 valence electrons. The average Bonchev–Trinajstić information content (AvgIpc) is 2.80. The fourth-order valence-corrected chi connectivity index (χ4v) is 4.32. The first-order chi connectivity index (χ1) is 9.95. The van der Waals surface area contributed by atoms with Gasteiger partial charge in [-0.2, -0.15) is 11.8 Å². The molecule has 1 amide bonds. The Kier molecular flexibility index (Phi) is 8.06. The van der Waals surface area contributed by atoms with Crippen molar-refractivity contribution in [3.8, 4) is 0 Å². The summed E-state index contributed by atoms with van der Waals surface area (Å²) in [5.74, 6) is 0.680. The monoisotopic (exact) mass is 317 g/mol. The highest BCUT2D eigenvalue weighted by Gasteiger charge is 2.32. The number of thioether (sulfide) groups is 1. The van der Waals surface area contributed by atoms with E-state index < -0.39 is 12.0 Å². The van der Waals surface area contributed by atoms with E-state index in [9.17, 15) is 9.59 Å². The fraction of sp³-hybridized carbons (Fsp3) is 0.857. The number of carboxylic acid groups (broad SMARTS) is 1. The summed E-state index contributed by atoms with van der Waals surface area (Å²) in [7, 11) is 2.01. The molecule has 6 nitrogen and oxygen atoms in total. The Morgan fingerprint density at radius 2 is 2.14 bits per heavy atom.